The lowest BCUT2D eigenvalue weighted by molar-refractivity contribution is -0.155. The summed E-state index contributed by atoms with van der Waals surface area (Å²) in [6.07, 6.45) is 0. The van der Waals surface area contributed by atoms with Crippen LogP contribution in [0, 0.1) is 11.8 Å². The summed E-state index contributed by atoms with van der Waals surface area (Å²) in [6, 6.07) is 0. The number of rotatable bonds is 7. The van der Waals surface area contributed by atoms with Crippen LogP contribution in [-0.2, 0) is 19.1 Å². The van der Waals surface area contributed by atoms with Crippen LogP contribution < -0.4 is 0 Å². The molecular formula is C10H16Br2O4. The Morgan fingerprint density at radius 2 is 1.25 bits per heavy atom. The molecule has 6 heteroatoms. The van der Waals surface area contributed by atoms with Gasteiger partial charge in [-0.15, -0.1) is 0 Å². The molecule has 0 saturated heterocycles. The van der Waals surface area contributed by atoms with E-state index in [1.807, 2.05) is 0 Å². The van der Waals surface area contributed by atoms with E-state index in [0.29, 0.717) is 10.7 Å². The van der Waals surface area contributed by atoms with Gasteiger partial charge in [-0.2, -0.15) is 0 Å². The number of esters is 2. The van der Waals surface area contributed by atoms with Crippen molar-refractivity contribution in [2.45, 2.75) is 13.8 Å². The number of halogens is 2. The van der Waals surface area contributed by atoms with E-state index in [9.17, 15) is 9.59 Å². The van der Waals surface area contributed by atoms with Crippen LogP contribution in [0.5, 0.6) is 0 Å². The van der Waals surface area contributed by atoms with Gasteiger partial charge in [0.1, 0.15) is 13.2 Å². The maximum Gasteiger partial charge on any atom is 0.309 e. The first-order chi connectivity index (χ1) is 7.52. The summed E-state index contributed by atoms with van der Waals surface area (Å²) in [5.41, 5.74) is 0. The summed E-state index contributed by atoms with van der Waals surface area (Å²) >= 11 is 6.37. The molecule has 0 aliphatic rings. The Morgan fingerprint density at radius 1 is 0.938 bits per heavy atom. The Balaban J connectivity index is 3.61. The van der Waals surface area contributed by atoms with Crippen LogP contribution in [0.15, 0.2) is 0 Å². The Morgan fingerprint density at radius 3 is 1.50 bits per heavy atom. The summed E-state index contributed by atoms with van der Waals surface area (Å²) < 4.78 is 9.80. The third kappa shape index (κ3) is 6.48. The summed E-state index contributed by atoms with van der Waals surface area (Å²) in [6.45, 7) is 3.74. The SMILES string of the molecule is CC(CBr)C(=O)OCCOC(=O)C(C)CBr. The molecule has 2 atom stereocenters. The summed E-state index contributed by atoms with van der Waals surface area (Å²) in [5, 5.41) is 1.12. The number of carbonyl (C=O) groups is 2. The van der Waals surface area contributed by atoms with Crippen LogP contribution >= 0.6 is 31.9 Å². The molecule has 0 N–H and O–H groups in total. The van der Waals surface area contributed by atoms with Crippen LogP contribution in [-0.4, -0.2) is 35.8 Å². The number of hydrogen-bond acceptors (Lipinski definition) is 4. The van der Waals surface area contributed by atoms with Gasteiger partial charge in [-0.05, 0) is 0 Å². The smallest absolute Gasteiger partial charge is 0.309 e. The van der Waals surface area contributed by atoms with Gasteiger partial charge in [0, 0.05) is 10.7 Å². The Labute approximate surface area is 112 Å². The molecule has 0 aliphatic heterocycles. The van der Waals surface area contributed by atoms with Crippen LogP contribution in [0.2, 0.25) is 0 Å². The minimum atomic E-state index is -0.290. The quantitative estimate of drug-likeness (QED) is 0.397. The van der Waals surface area contributed by atoms with E-state index < -0.39 is 0 Å². The van der Waals surface area contributed by atoms with Crippen LogP contribution in [0.3, 0.4) is 0 Å². The first-order valence-electron chi connectivity index (χ1n) is 4.98. The number of carbonyl (C=O) groups excluding carboxylic acids is 2. The van der Waals surface area contributed by atoms with E-state index in [-0.39, 0.29) is 37.0 Å². The van der Waals surface area contributed by atoms with Gasteiger partial charge in [0.05, 0.1) is 11.8 Å². The molecule has 0 rings (SSSR count). The zero-order chi connectivity index (χ0) is 12.6. The van der Waals surface area contributed by atoms with Gasteiger partial charge < -0.3 is 9.47 Å². The lowest BCUT2D eigenvalue weighted by Gasteiger charge is -2.10. The van der Waals surface area contributed by atoms with E-state index in [0.717, 1.165) is 0 Å². The van der Waals surface area contributed by atoms with E-state index in [1.54, 1.807) is 13.8 Å². The number of hydrogen-bond donors (Lipinski definition) is 0. The van der Waals surface area contributed by atoms with Crippen molar-refractivity contribution in [2.24, 2.45) is 11.8 Å². The lowest BCUT2D eigenvalue weighted by Crippen LogP contribution is -2.22. The van der Waals surface area contributed by atoms with E-state index in [1.165, 1.54) is 0 Å². The van der Waals surface area contributed by atoms with Gasteiger partial charge in [0.25, 0.3) is 0 Å². The zero-order valence-electron chi connectivity index (χ0n) is 9.37. The first kappa shape index (κ1) is 15.9. The first-order valence-corrected chi connectivity index (χ1v) is 7.22. The summed E-state index contributed by atoms with van der Waals surface area (Å²) in [7, 11) is 0. The van der Waals surface area contributed by atoms with Crippen molar-refractivity contribution in [3.63, 3.8) is 0 Å². The molecule has 0 fully saturated rings. The normalized spacial score (nSPS) is 14.0. The molecule has 0 aromatic carbocycles. The second-order valence-corrected chi connectivity index (χ2v) is 4.74. The van der Waals surface area contributed by atoms with Gasteiger partial charge >= 0.3 is 11.9 Å². The van der Waals surface area contributed by atoms with Crippen molar-refractivity contribution < 1.29 is 19.1 Å². The second kappa shape index (κ2) is 8.98. The molecule has 0 amide bonds. The molecule has 0 saturated carbocycles. The fourth-order valence-corrected chi connectivity index (χ4v) is 1.22. The van der Waals surface area contributed by atoms with Gasteiger partial charge in [0.2, 0.25) is 0 Å². The third-order valence-corrected chi connectivity index (χ3v) is 3.78. The van der Waals surface area contributed by atoms with Crippen LogP contribution in [0.1, 0.15) is 13.8 Å². The third-order valence-electron chi connectivity index (χ3n) is 1.84. The van der Waals surface area contributed by atoms with E-state index in [2.05, 4.69) is 31.9 Å². The molecular weight excluding hydrogens is 344 g/mol. The molecule has 0 aromatic rings. The summed E-state index contributed by atoms with van der Waals surface area (Å²) in [4.78, 5) is 22.4. The Bertz CT molecular complexity index is 209. The van der Waals surface area contributed by atoms with Crippen molar-refractivity contribution in [3.05, 3.63) is 0 Å². The van der Waals surface area contributed by atoms with Crippen molar-refractivity contribution in [2.75, 3.05) is 23.9 Å². The molecule has 0 aliphatic carbocycles. The molecule has 16 heavy (non-hydrogen) atoms. The average molecular weight is 360 g/mol. The van der Waals surface area contributed by atoms with Gasteiger partial charge in [-0.1, -0.05) is 45.7 Å². The molecule has 0 bridgehead atoms. The highest BCUT2D eigenvalue weighted by Gasteiger charge is 2.14. The predicted octanol–water partition coefficient (Wildman–Crippen LogP) is 2.13. The minimum Gasteiger partial charge on any atom is -0.462 e. The largest absolute Gasteiger partial charge is 0.462 e. The van der Waals surface area contributed by atoms with E-state index >= 15 is 0 Å². The maximum atomic E-state index is 11.2. The molecule has 0 heterocycles. The molecule has 94 valence electrons. The lowest BCUT2D eigenvalue weighted by atomic mass is 10.2. The highest BCUT2D eigenvalue weighted by atomic mass is 79.9. The number of alkyl halides is 2. The molecule has 0 aromatic heterocycles. The highest BCUT2D eigenvalue weighted by molar-refractivity contribution is 9.09. The predicted molar refractivity (Wildman–Crippen MR) is 67.8 cm³/mol. The van der Waals surface area contributed by atoms with Crippen molar-refractivity contribution >= 4 is 43.8 Å². The standard InChI is InChI=1S/C10H16Br2O4/c1-7(5-11)9(13)15-3-4-16-10(14)8(2)6-12/h7-8H,3-6H2,1-2H3. The Kier molecular flexibility index (Phi) is 8.93. The summed E-state index contributed by atoms with van der Waals surface area (Å²) in [5.74, 6) is -0.947. The van der Waals surface area contributed by atoms with Gasteiger partial charge in [-0.25, -0.2) is 0 Å². The highest BCUT2D eigenvalue weighted by Crippen LogP contribution is 2.04. The average Bonchev–Trinajstić information content (AvgIpc) is 2.31. The maximum absolute atomic E-state index is 11.2. The van der Waals surface area contributed by atoms with Crippen molar-refractivity contribution in [1.29, 1.82) is 0 Å². The topological polar surface area (TPSA) is 52.6 Å². The van der Waals surface area contributed by atoms with Gasteiger partial charge in [-0.3, -0.25) is 9.59 Å². The minimum absolute atomic E-state index is 0.108. The van der Waals surface area contributed by atoms with Crippen LogP contribution in [0.25, 0.3) is 0 Å². The fraction of sp³-hybridized carbons (Fsp3) is 0.800. The molecule has 0 spiro atoms. The monoisotopic (exact) mass is 358 g/mol. The van der Waals surface area contributed by atoms with Crippen LogP contribution in [0.4, 0.5) is 0 Å². The fourth-order valence-electron chi connectivity index (χ4n) is 0.695. The second-order valence-electron chi connectivity index (χ2n) is 3.45. The van der Waals surface area contributed by atoms with Crippen molar-refractivity contribution in [1.82, 2.24) is 0 Å². The zero-order valence-corrected chi connectivity index (χ0v) is 12.5. The molecule has 4 nitrogen and oxygen atoms in total. The van der Waals surface area contributed by atoms with E-state index in [4.69, 9.17) is 9.47 Å². The van der Waals surface area contributed by atoms with Crippen molar-refractivity contribution in [3.8, 4) is 0 Å². The molecule has 2 unspecified atom stereocenters. The number of ether oxygens (including phenoxy) is 2. The molecule has 0 radical (unpaired) electrons. The Hall–Kier alpha value is -0.100. The van der Waals surface area contributed by atoms with Gasteiger partial charge in [0.15, 0.2) is 0 Å².